The van der Waals surface area contributed by atoms with E-state index >= 15 is 0 Å². The molecule has 0 aliphatic carbocycles. The molecule has 4 heteroatoms. The molecule has 0 aliphatic rings. The number of carbonyl (C=O) groups excluding carboxylic acids is 1. The Morgan fingerprint density at radius 2 is 2.00 bits per heavy atom. The molecule has 0 atom stereocenters. The first-order valence-electron chi connectivity index (χ1n) is 4.86. The highest BCUT2D eigenvalue weighted by atomic mass is 16.1. The quantitative estimate of drug-likeness (QED) is 0.579. The second-order valence-electron chi connectivity index (χ2n) is 3.48. The monoisotopic (exact) mass is 213 g/mol. The van der Waals surface area contributed by atoms with Gasteiger partial charge < -0.3 is 0 Å². The zero-order chi connectivity index (χ0) is 11.5. The van der Waals surface area contributed by atoms with Gasteiger partial charge in [0.2, 0.25) is 5.78 Å². The average Bonchev–Trinajstić information content (AvgIpc) is 2.77. The number of hydrogen-bond acceptors (Lipinski definition) is 3. The lowest BCUT2D eigenvalue weighted by Crippen LogP contribution is -2.09. The van der Waals surface area contributed by atoms with E-state index in [0.29, 0.717) is 11.3 Å². The van der Waals surface area contributed by atoms with Crippen LogP contribution in [0.15, 0.2) is 48.7 Å². The van der Waals surface area contributed by atoms with Crippen molar-refractivity contribution in [2.75, 3.05) is 0 Å². The van der Waals surface area contributed by atoms with Gasteiger partial charge in [-0.25, -0.2) is 4.68 Å². The van der Waals surface area contributed by atoms with Gasteiger partial charge >= 0.3 is 0 Å². The molecule has 0 radical (unpaired) electrons. The van der Waals surface area contributed by atoms with Crippen LogP contribution in [-0.2, 0) is 0 Å². The zero-order valence-electron chi connectivity index (χ0n) is 8.92. The number of para-hydroxylation sites is 1. The topological polar surface area (TPSA) is 47.8 Å². The molecule has 0 aliphatic heterocycles. The second kappa shape index (κ2) is 4.10. The molecule has 2 rings (SSSR count). The van der Waals surface area contributed by atoms with Crippen LogP contribution in [0.1, 0.15) is 17.4 Å². The summed E-state index contributed by atoms with van der Waals surface area (Å²) >= 11 is 0. The number of Topliss-reactive ketones (excluding diaryl/α,β-unsaturated/α-hetero) is 1. The maximum atomic E-state index is 11.8. The predicted molar refractivity (Wildman–Crippen MR) is 60.5 cm³/mol. The van der Waals surface area contributed by atoms with Crippen molar-refractivity contribution in [2.24, 2.45) is 0 Å². The van der Waals surface area contributed by atoms with Crippen molar-refractivity contribution in [3.8, 4) is 5.69 Å². The van der Waals surface area contributed by atoms with Crippen LogP contribution in [0.5, 0.6) is 0 Å². The van der Waals surface area contributed by atoms with E-state index in [4.69, 9.17) is 0 Å². The molecular formula is C12H11N3O. The maximum absolute atomic E-state index is 11.8. The normalized spacial score (nSPS) is 10.1. The van der Waals surface area contributed by atoms with E-state index in [-0.39, 0.29) is 5.78 Å². The molecule has 0 amide bonds. The molecule has 0 N–H and O–H groups in total. The molecule has 0 fully saturated rings. The van der Waals surface area contributed by atoms with Crippen molar-refractivity contribution in [3.05, 3.63) is 54.4 Å². The number of allylic oxidation sites excluding steroid dienone is 1. The van der Waals surface area contributed by atoms with E-state index < -0.39 is 0 Å². The van der Waals surface area contributed by atoms with Crippen molar-refractivity contribution in [1.29, 1.82) is 0 Å². The smallest absolute Gasteiger partial charge is 0.208 e. The Balaban J connectivity index is 2.48. The van der Waals surface area contributed by atoms with E-state index in [9.17, 15) is 4.79 Å². The van der Waals surface area contributed by atoms with Crippen LogP contribution in [0.2, 0.25) is 0 Å². The molecule has 4 nitrogen and oxygen atoms in total. The molecule has 0 saturated carbocycles. The standard InChI is InChI=1S/C12H11N3O/c1-9(2)12(16)11-8-13-14-15(11)10-6-4-3-5-7-10/h3-8H,1H2,2H3. The summed E-state index contributed by atoms with van der Waals surface area (Å²) in [4.78, 5) is 11.8. The van der Waals surface area contributed by atoms with E-state index in [1.54, 1.807) is 6.92 Å². The lowest BCUT2D eigenvalue weighted by Gasteiger charge is -2.04. The fraction of sp³-hybridized carbons (Fsp3) is 0.0833. The first-order chi connectivity index (χ1) is 7.70. The highest BCUT2D eigenvalue weighted by Gasteiger charge is 2.14. The van der Waals surface area contributed by atoms with Crippen molar-refractivity contribution in [3.63, 3.8) is 0 Å². The Kier molecular flexibility index (Phi) is 2.64. The number of carbonyl (C=O) groups is 1. The third-order valence-corrected chi connectivity index (χ3v) is 2.17. The van der Waals surface area contributed by atoms with Crippen LogP contribution < -0.4 is 0 Å². The molecule has 1 aromatic carbocycles. The van der Waals surface area contributed by atoms with Crippen LogP contribution in [0, 0.1) is 0 Å². The van der Waals surface area contributed by atoms with Gasteiger partial charge in [-0.05, 0) is 24.6 Å². The number of hydrogen-bond donors (Lipinski definition) is 0. The molecule has 1 aromatic heterocycles. The van der Waals surface area contributed by atoms with Crippen LogP contribution in [0.3, 0.4) is 0 Å². The van der Waals surface area contributed by atoms with Crippen LogP contribution >= 0.6 is 0 Å². The fourth-order valence-corrected chi connectivity index (χ4v) is 1.37. The van der Waals surface area contributed by atoms with Gasteiger partial charge in [0, 0.05) is 0 Å². The van der Waals surface area contributed by atoms with Gasteiger partial charge in [0.25, 0.3) is 0 Å². The molecule has 2 aromatic rings. The highest BCUT2D eigenvalue weighted by molar-refractivity contribution is 6.06. The van der Waals surface area contributed by atoms with Gasteiger partial charge in [-0.1, -0.05) is 30.0 Å². The SMILES string of the molecule is C=C(C)C(=O)c1cnnn1-c1ccccc1. The van der Waals surface area contributed by atoms with Gasteiger partial charge in [-0.15, -0.1) is 5.10 Å². The summed E-state index contributed by atoms with van der Waals surface area (Å²) in [5.74, 6) is -0.145. The van der Waals surface area contributed by atoms with Gasteiger partial charge in [0.1, 0.15) is 5.69 Å². The van der Waals surface area contributed by atoms with Crippen molar-refractivity contribution >= 4 is 5.78 Å². The minimum atomic E-state index is -0.145. The number of rotatable bonds is 3. The van der Waals surface area contributed by atoms with E-state index in [1.165, 1.54) is 10.9 Å². The molecule has 80 valence electrons. The first-order valence-corrected chi connectivity index (χ1v) is 4.86. The van der Waals surface area contributed by atoms with Crippen molar-refractivity contribution in [2.45, 2.75) is 6.92 Å². The average molecular weight is 213 g/mol. The number of benzene rings is 1. The van der Waals surface area contributed by atoms with Crippen molar-refractivity contribution in [1.82, 2.24) is 15.0 Å². The Bertz CT molecular complexity index is 528. The van der Waals surface area contributed by atoms with E-state index in [1.807, 2.05) is 30.3 Å². The number of aromatic nitrogens is 3. The van der Waals surface area contributed by atoms with Gasteiger partial charge in [0.15, 0.2) is 0 Å². The summed E-state index contributed by atoms with van der Waals surface area (Å²) < 4.78 is 1.51. The zero-order valence-corrected chi connectivity index (χ0v) is 8.92. The minimum Gasteiger partial charge on any atom is -0.287 e. The molecule has 0 saturated heterocycles. The lowest BCUT2D eigenvalue weighted by molar-refractivity contribution is 0.102. The summed E-state index contributed by atoms with van der Waals surface area (Å²) in [6.45, 7) is 5.30. The first kappa shape index (κ1) is 10.3. The number of nitrogens with zero attached hydrogens (tertiary/aromatic N) is 3. The summed E-state index contributed by atoms with van der Waals surface area (Å²) in [5, 5.41) is 7.65. The lowest BCUT2D eigenvalue weighted by atomic mass is 10.2. The maximum Gasteiger partial charge on any atom is 0.208 e. The van der Waals surface area contributed by atoms with Crippen molar-refractivity contribution < 1.29 is 4.79 Å². The molecule has 0 spiro atoms. The molecule has 1 heterocycles. The highest BCUT2D eigenvalue weighted by Crippen LogP contribution is 2.11. The predicted octanol–water partition coefficient (Wildman–Crippen LogP) is 2.03. The van der Waals surface area contributed by atoms with Crippen LogP contribution in [-0.4, -0.2) is 20.8 Å². The second-order valence-corrected chi connectivity index (χ2v) is 3.48. The third kappa shape index (κ3) is 1.77. The number of ketones is 1. The Morgan fingerprint density at radius 3 is 2.62 bits per heavy atom. The molecular weight excluding hydrogens is 202 g/mol. The molecule has 16 heavy (non-hydrogen) atoms. The van der Waals surface area contributed by atoms with E-state index in [2.05, 4.69) is 16.9 Å². The van der Waals surface area contributed by atoms with Crippen LogP contribution in [0.25, 0.3) is 5.69 Å². The Hall–Kier alpha value is -2.23. The van der Waals surface area contributed by atoms with Gasteiger partial charge in [-0.3, -0.25) is 4.79 Å². The molecule has 0 unspecified atom stereocenters. The molecule has 0 bridgehead atoms. The minimum absolute atomic E-state index is 0.145. The van der Waals surface area contributed by atoms with Crippen LogP contribution in [0.4, 0.5) is 0 Å². The third-order valence-electron chi connectivity index (χ3n) is 2.17. The summed E-state index contributed by atoms with van der Waals surface area (Å²) in [7, 11) is 0. The Labute approximate surface area is 93.2 Å². The summed E-state index contributed by atoms with van der Waals surface area (Å²) in [5.41, 5.74) is 1.71. The largest absolute Gasteiger partial charge is 0.287 e. The summed E-state index contributed by atoms with van der Waals surface area (Å²) in [6.07, 6.45) is 1.45. The van der Waals surface area contributed by atoms with Gasteiger partial charge in [0.05, 0.1) is 11.9 Å². The summed E-state index contributed by atoms with van der Waals surface area (Å²) in [6, 6.07) is 9.40. The Morgan fingerprint density at radius 1 is 1.31 bits per heavy atom. The van der Waals surface area contributed by atoms with Gasteiger partial charge in [-0.2, -0.15) is 0 Å². The van der Waals surface area contributed by atoms with E-state index in [0.717, 1.165) is 5.69 Å². The fourth-order valence-electron chi connectivity index (χ4n) is 1.37.